The monoisotopic (exact) mass is 490 g/mol. The number of nitrogen functional groups attached to an aromatic ring is 1. The van der Waals surface area contributed by atoms with Crippen molar-refractivity contribution in [3.63, 3.8) is 0 Å². The molecule has 0 spiro atoms. The number of fused-ring (bicyclic) bond motifs is 1. The van der Waals surface area contributed by atoms with Gasteiger partial charge in [-0.3, -0.25) is 15.6 Å². The molecule has 0 heterocycles. The Balaban J connectivity index is 0.00000272. The highest BCUT2D eigenvalue weighted by Crippen LogP contribution is 2.30. The number of nitrogens with one attached hydrogen (secondary N) is 2. The Morgan fingerprint density at radius 2 is 1.52 bits per heavy atom. The summed E-state index contributed by atoms with van der Waals surface area (Å²) < 4.78 is 5.57. The molecule has 3 aromatic rings. The molecule has 3 rings (SSSR count). The standard InChI is InChI=1S/C22H22N6O3.2ClH/c1-28(22(26)27)15-6-2-12(3-7-15)21(30)31-18-9-5-13-10-14(20(24)25)4-8-16(13)17(18)11-19(23)29;;/h2-10H,11H2,1H3,(H2,23,29)(H3,24,25)(H3,26,27);2*1H. The zero-order valence-corrected chi connectivity index (χ0v) is 19.3. The highest BCUT2D eigenvalue weighted by molar-refractivity contribution is 6.01. The Kier molecular flexibility index (Phi) is 9.21. The van der Waals surface area contributed by atoms with Gasteiger partial charge in [0.25, 0.3) is 0 Å². The third-order valence-electron chi connectivity index (χ3n) is 4.80. The number of amidine groups is 1. The number of primary amides is 1. The van der Waals surface area contributed by atoms with Crippen LogP contribution in [0.5, 0.6) is 5.75 Å². The van der Waals surface area contributed by atoms with Gasteiger partial charge in [-0.15, -0.1) is 24.8 Å². The van der Waals surface area contributed by atoms with Gasteiger partial charge in [-0.2, -0.15) is 0 Å². The molecule has 0 saturated carbocycles. The molecule has 0 atom stereocenters. The topological polar surface area (TPSA) is 172 Å². The number of carbonyl (C=O) groups is 2. The zero-order valence-electron chi connectivity index (χ0n) is 17.6. The molecule has 0 bridgehead atoms. The number of hydrogen-bond donors (Lipinski definition) is 5. The molecule has 9 nitrogen and oxygen atoms in total. The van der Waals surface area contributed by atoms with E-state index in [1.807, 2.05) is 0 Å². The van der Waals surface area contributed by atoms with E-state index >= 15 is 0 Å². The SMILES string of the molecule is CN(C(=N)N)c1ccc(C(=O)Oc2ccc3cc(C(=N)N)ccc3c2CC(N)=O)cc1.Cl.Cl. The van der Waals surface area contributed by atoms with Gasteiger partial charge in [-0.25, -0.2) is 4.79 Å². The molecular formula is C22H24Cl2N6O3. The first-order valence-electron chi connectivity index (χ1n) is 9.25. The summed E-state index contributed by atoms with van der Waals surface area (Å²) in [6.07, 6.45) is -0.123. The van der Waals surface area contributed by atoms with Crippen molar-refractivity contribution >= 4 is 64.9 Å². The van der Waals surface area contributed by atoms with E-state index in [4.69, 9.17) is 32.8 Å². The fourth-order valence-electron chi connectivity index (χ4n) is 3.11. The number of amides is 1. The van der Waals surface area contributed by atoms with Crippen LogP contribution in [0.15, 0.2) is 54.6 Å². The lowest BCUT2D eigenvalue weighted by Crippen LogP contribution is -2.32. The van der Waals surface area contributed by atoms with Gasteiger partial charge in [0.15, 0.2) is 5.96 Å². The van der Waals surface area contributed by atoms with E-state index in [0.717, 1.165) is 5.39 Å². The summed E-state index contributed by atoms with van der Waals surface area (Å²) in [7, 11) is 1.64. The number of guanidine groups is 1. The number of esters is 1. The predicted octanol–water partition coefficient (Wildman–Crippen LogP) is 2.54. The van der Waals surface area contributed by atoms with Gasteiger partial charge in [-0.1, -0.05) is 18.2 Å². The van der Waals surface area contributed by atoms with E-state index in [2.05, 4.69) is 0 Å². The lowest BCUT2D eigenvalue weighted by atomic mass is 9.98. The average Bonchev–Trinajstić information content (AvgIpc) is 2.74. The minimum Gasteiger partial charge on any atom is -0.423 e. The summed E-state index contributed by atoms with van der Waals surface area (Å²) in [6, 6.07) is 14.8. The maximum absolute atomic E-state index is 12.7. The first-order valence-corrected chi connectivity index (χ1v) is 9.25. The van der Waals surface area contributed by atoms with Crippen LogP contribution in [0.1, 0.15) is 21.5 Å². The quantitative estimate of drug-likeness (QED) is 0.153. The number of carbonyl (C=O) groups excluding carboxylic acids is 2. The molecule has 0 aliphatic carbocycles. The number of anilines is 1. The van der Waals surface area contributed by atoms with Crippen molar-refractivity contribution in [3.8, 4) is 5.75 Å². The molecule has 8 N–H and O–H groups in total. The summed E-state index contributed by atoms with van der Waals surface area (Å²) in [6.45, 7) is 0. The Morgan fingerprint density at radius 3 is 2.06 bits per heavy atom. The molecule has 0 aliphatic rings. The molecule has 0 aromatic heterocycles. The zero-order chi connectivity index (χ0) is 22.7. The summed E-state index contributed by atoms with van der Waals surface area (Å²) in [4.78, 5) is 25.8. The molecule has 33 heavy (non-hydrogen) atoms. The Labute approximate surface area is 202 Å². The molecule has 3 aromatic carbocycles. The van der Waals surface area contributed by atoms with Gasteiger partial charge >= 0.3 is 5.97 Å². The Hall–Kier alpha value is -3.82. The normalized spacial score (nSPS) is 9.85. The van der Waals surface area contributed by atoms with Crippen LogP contribution in [0.4, 0.5) is 5.69 Å². The summed E-state index contributed by atoms with van der Waals surface area (Å²) >= 11 is 0. The number of hydrogen-bond acceptors (Lipinski definition) is 5. The van der Waals surface area contributed by atoms with E-state index in [1.54, 1.807) is 61.6 Å². The van der Waals surface area contributed by atoms with E-state index in [9.17, 15) is 9.59 Å². The minimum atomic E-state index is -0.609. The number of halogens is 2. The van der Waals surface area contributed by atoms with E-state index in [-0.39, 0.29) is 54.3 Å². The molecule has 0 radical (unpaired) electrons. The number of nitrogens with zero attached hydrogens (tertiary/aromatic N) is 1. The van der Waals surface area contributed by atoms with Crippen LogP contribution in [0.25, 0.3) is 10.8 Å². The van der Waals surface area contributed by atoms with Crippen molar-refractivity contribution in [2.45, 2.75) is 6.42 Å². The van der Waals surface area contributed by atoms with Crippen LogP contribution in [0, 0.1) is 10.8 Å². The molecular weight excluding hydrogens is 467 g/mol. The highest BCUT2D eigenvalue weighted by Gasteiger charge is 2.17. The molecule has 0 saturated heterocycles. The maximum atomic E-state index is 12.7. The number of benzene rings is 3. The molecule has 0 fully saturated rings. The van der Waals surface area contributed by atoms with Gasteiger partial charge in [0.2, 0.25) is 5.91 Å². The largest absolute Gasteiger partial charge is 0.423 e. The third-order valence-corrected chi connectivity index (χ3v) is 4.80. The van der Waals surface area contributed by atoms with Crippen LogP contribution in [-0.4, -0.2) is 30.7 Å². The second kappa shape index (κ2) is 11.2. The van der Waals surface area contributed by atoms with Crippen LogP contribution in [0.3, 0.4) is 0 Å². The minimum absolute atomic E-state index is 0. The number of ether oxygens (including phenoxy) is 1. The van der Waals surface area contributed by atoms with Gasteiger partial charge in [0.05, 0.1) is 12.0 Å². The van der Waals surface area contributed by atoms with E-state index < -0.39 is 11.9 Å². The number of nitrogens with two attached hydrogens (primary N) is 3. The average molecular weight is 491 g/mol. The van der Waals surface area contributed by atoms with Crippen molar-refractivity contribution in [1.82, 2.24) is 0 Å². The van der Waals surface area contributed by atoms with Crippen molar-refractivity contribution in [3.05, 3.63) is 71.3 Å². The van der Waals surface area contributed by atoms with Gasteiger partial charge in [0, 0.05) is 23.9 Å². The van der Waals surface area contributed by atoms with Crippen molar-refractivity contribution in [2.75, 3.05) is 11.9 Å². The fourth-order valence-corrected chi connectivity index (χ4v) is 3.11. The molecule has 0 unspecified atom stereocenters. The molecule has 1 amide bonds. The Bertz CT molecular complexity index is 1210. The first kappa shape index (κ1) is 27.2. The van der Waals surface area contributed by atoms with E-state index in [1.165, 1.54) is 4.90 Å². The smallest absolute Gasteiger partial charge is 0.343 e. The first-order chi connectivity index (χ1) is 14.7. The van der Waals surface area contributed by atoms with Crippen LogP contribution < -0.4 is 26.8 Å². The lowest BCUT2D eigenvalue weighted by molar-refractivity contribution is -0.117. The maximum Gasteiger partial charge on any atom is 0.343 e. The molecule has 11 heteroatoms. The predicted molar refractivity (Wildman–Crippen MR) is 134 cm³/mol. The fraction of sp³-hybridized carbons (Fsp3) is 0.0909. The van der Waals surface area contributed by atoms with Crippen LogP contribution in [0.2, 0.25) is 0 Å². The van der Waals surface area contributed by atoms with E-state index in [0.29, 0.717) is 22.2 Å². The van der Waals surface area contributed by atoms with Crippen LogP contribution >= 0.6 is 24.8 Å². The van der Waals surface area contributed by atoms with Gasteiger partial charge in [0.1, 0.15) is 11.6 Å². The second-order valence-electron chi connectivity index (χ2n) is 6.92. The summed E-state index contributed by atoms with van der Waals surface area (Å²) in [5.74, 6) is -1.17. The van der Waals surface area contributed by atoms with Crippen LogP contribution in [-0.2, 0) is 11.2 Å². The van der Waals surface area contributed by atoms with Crippen molar-refractivity contribution in [1.29, 1.82) is 10.8 Å². The van der Waals surface area contributed by atoms with Crippen molar-refractivity contribution < 1.29 is 14.3 Å². The third kappa shape index (κ3) is 6.12. The van der Waals surface area contributed by atoms with Gasteiger partial charge < -0.3 is 26.8 Å². The Morgan fingerprint density at radius 1 is 0.909 bits per heavy atom. The summed E-state index contributed by atoms with van der Waals surface area (Å²) in [5, 5.41) is 16.5. The second-order valence-corrected chi connectivity index (χ2v) is 6.92. The molecule has 174 valence electrons. The number of rotatable bonds is 6. The summed E-state index contributed by atoms with van der Waals surface area (Å²) in [5.41, 5.74) is 18.4. The van der Waals surface area contributed by atoms with Crippen molar-refractivity contribution in [2.24, 2.45) is 17.2 Å². The van der Waals surface area contributed by atoms with Gasteiger partial charge in [-0.05, 0) is 47.2 Å². The highest BCUT2D eigenvalue weighted by atomic mass is 35.5. The lowest BCUT2D eigenvalue weighted by Gasteiger charge is -2.17. The molecule has 0 aliphatic heterocycles.